The molecule has 0 saturated heterocycles. The molecule has 5 nitrogen and oxygen atoms in total. The Morgan fingerprint density at radius 2 is 0.824 bits per heavy atom. The Morgan fingerprint density at radius 3 is 1.26 bits per heavy atom. The van der Waals surface area contributed by atoms with Gasteiger partial charge in [-0.25, -0.2) is 0 Å². The molecule has 0 spiro atoms. The predicted octanol–water partition coefficient (Wildman–Crippen LogP) is 6.23. The summed E-state index contributed by atoms with van der Waals surface area (Å²) in [6.07, 6.45) is 0. The molecule has 5 rings (SSSR count). The standard InChI is InChI=1S/C19H16O3.C10H8O2/c20-16-7-1-13(2-8-16)19(14-3-9-17(21)10-4-14)15-5-11-18(22)12-6-15;11-9-6-5-7-3-1-2-4-8(7)10(9)12/h1-12,19-22H;1-6,11-12H. The predicted molar refractivity (Wildman–Crippen MR) is 133 cm³/mol. The van der Waals surface area contributed by atoms with E-state index in [0.29, 0.717) is 5.39 Å². The molecule has 0 aliphatic rings. The Hall–Kier alpha value is -4.64. The Morgan fingerprint density at radius 1 is 0.412 bits per heavy atom. The van der Waals surface area contributed by atoms with Crippen LogP contribution in [0.2, 0.25) is 0 Å². The maximum absolute atomic E-state index is 9.49. The van der Waals surface area contributed by atoms with Gasteiger partial charge in [-0.15, -0.1) is 0 Å². The number of phenols is 5. The van der Waals surface area contributed by atoms with Crippen LogP contribution < -0.4 is 0 Å². The van der Waals surface area contributed by atoms with Gasteiger partial charge in [0, 0.05) is 11.3 Å². The van der Waals surface area contributed by atoms with E-state index in [0.717, 1.165) is 22.1 Å². The first-order valence-electron chi connectivity index (χ1n) is 10.7. The van der Waals surface area contributed by atoms with Crippen molar-refractivity contribution in [2.24, 2.45) is 0 Å². The second-order valence-electron chi connectivity index (χ2n) is 7.86. The number of phenolic OH excluding ortho intramolecular Hbond substituents is 5. The summed E-state index contributed by atoms with van der Waals surface area (Å²) < 4.78 is 0. The van der Waals surface area contributed by atoms with Gasteiger partial charge in [0.2, 0.25) is 0 Å². The lowest BCUT2D eigenvalue weighted by Crippen LogP contribution is -2.03. The highest BCUT2D eigenvalue weighted by Gasteiger charge is 2.17. The van der Waals surface area contributed by atoms with Gasteiger partial charge >= 0.3 is 0 Å². The molecule has 5 N–H and O–H groups in total. The summed E-state index contributed by atoms with van der Waals surface area (Å²) in [5.74, 6) is 0.500. The second kappa shape index (κ2) is 9.88. The average molecular weight is 453 g/mol. The van der Waals surface area contributed by atoms with E-state index in [9.17, 15) is 20.4 Å². The molecule has 34 heavy (non-hydrogen) atoms. The highest BCUT2D eigenvalue weighted by Crippen LogP contribution is 2.34. The van der Waals surface area contributed by atoms with Gasteiger partial charge in [-0.3, -0.25) is 0 Å². The van der Waals surface area contributed by atoms with Crippen molar-refractivity contribution < 1.29 is 25.5 Å². The maximum atomic E-state index is 9.49. The lowest BCUT2D eigenvalue weighted by atomic mass is 9.85. The third-order valence-electron chi connectivity index (χ3n) is 5.56. The van der Waals surface area contributed by atoms with Crippen molar-refractivity contribution in [2.45, 2.75) is 5.92 Å². The van der Waals surface area contributed by atoms with Gasteiger partial charge in [-0.05, 0) is 64.5 Å². The molecule has 5 heteroatoms. The third kappa shape index (κ3) is 5.05. The smallest absolute Gasteiger partial charge is 0.165 e. The Kier molecular flexibility index (Phi) is 6.55. The van der Waals surface area contributed by atoms with Crippen LogP contribution in [0.5, 0.6) is 28.7 Å². The number of hydrogen-bond acceptors (Lipinski definition) is 5. The zero-order valence-electron chi connectivity index (χ0n) is 18.2. The number of fused-ring (bicyclic) bond motifs is 1. The van der Waals surface area contributed by atoms with Gasteiger partial charge in [0.05, 0.1) is 0 Å². The minimum absolute atomic E-state index is 0.0400. The van der Waals surface area contributed by atoms with Gasteiger partial charge in [0.1, 0.15) is 17.2 Å². The molecule has 5 aromatic carbocycles. The van der Waals surface area contributed by atoms with Gasteiger partial charge in [-0.1, -0.05) is 66.7 Å². The molecule has 5 aromatic rings. The van der Waals surface area contributed by atoms with Crippen molar-refractivity contribution in [3.05, 3.63) is 126 Å². The number of rotatable bonds is 3. The highest BCUT2D eigenvalue weighted by atomic mass is 16.3. The highest BCUT2D eigenvalue weighted by molar-refractivity contribution is 5.90. The van der Waals surface area contributed by atoms with Gasteiger partial charge in [0.25, 0.3) is 0 Å². The average Bonchev–Trinajstić information content (AvgIpc) is 2.86. The largest absolute Gasteiger partial charge is 0.508 e. The van der Waals surface area contributed by atoms with E-state index >= 15 is 0 Å². The fourth-order valence-corrected chi connectivity index (χ4v) is 3.82. The van der Waals surface area contributed by atoms with Crippen LogP contribution >= 0.6 is 0 Å². The summed E-state index contributed by atoms with van der Waals surface area (Å²) in [5.41, 5.74) is 3.07. The van der Waals surface area contributed by atoms with Crippen LogP contribution in [-0.4, -0.2) is 25.5 Å². The summed E-state index contributed by atoms with van der Waals surface area (Å²) in [7, 11) is 0. The maximum Gasteiger partial charge on any atom is 0.165 e. The first-order valence-corrected chi connectivity index (χ1v) is 10.7. The van der Waals surface area contributed by atoms with E-state index in [2.05, 4.69) is 0 Å². The molecule has 0 unspecified atom stereocenters. The van der Waals surface area contributed by atoms with Crippen LogP contribution in [0, 0.1) is 0 Å². The molecule has 0 fully saturated rings. The molecule has 0 bridgehead atoms. The Labute approximate surface area is 197 Å². The summed E-state index contributed by atoms with van der Waals surface area (Å²) in [5, 5.41) is 48.6. The van der Waals surface area contributed by atoms with E-state index in [1.165, 1.54) is 6.07 Å². The van der Waals surface area contributed by atoms with Crippen molar-refractivity contribution in [2.75, 3.05) is 0 Å². The van der Waals surface area contributed by atoms with Crippen LogP contribution in [0.25, 0.3) is 10.8 Å². The summed E-state index contributed by atoms with van der Waals surface area (Å²) in [6.45, 7) is 0. The first-order chi connectivity index (χ1) is 16.4. The fourth-order valence-electron chi connectivity index (χ4n) is 3.82. The fraction of sp³-hybridized carbons (Fsp3) is 0.0345. The molecular weight excluding hydrogens is 428 g/mol. The number of benzene rings is 5. The molecule has 170 valence electrons. The van der Waals surface area contributed by atoms with E-state index in [-0.39, 0.29) is 34.7 Å². The summed E-state index contributed by atoms with van der Waals surface area (Å²) in [4.78, 5) is 0. The topological polar surface area (TPSA) is 101 Å². The number of aromatic hydroxyl groups is 5. The van der Waals surface area contributed by atoms with Crippen LogP contribution in [-0.2, 0) is 0 Å². The van der Waals surface area contributed by atoms with Crippen LogP contribution in [0.3, 0.4) is 0 Å². The van der Waals surface area contributed by atoms with Crippen LogP contribution in [0.1, 0.15) is 22.6 Å². The molecule has 0 aliphatic heterocycles. The van der Waals surface area contributed by atoms with E-state index < -0.39 is 0 Å². The monoisotopic (exact) mass is 452 g/mol. The van der Waals surface area contributed by atoms with Crippen molar-refractivity contribution in [1.29, 1.82) is 0 Å². The van der Waals surface area contributed by atoms with E-state index in [1.807, 2.05) is 54.6 Å². The SMILES string of the molecule is Oc1ccc(C(c2ccc(O)cc2)c2ccc(O)cc2)cc1.Oc1ccc2ccccc2c1O. The lowest BCUT2D eigenvalue weighted by Gasteiger charge is -2.19. The molecular formula is C29H24O5. The molecule has 0 aromatic heterocycles. The van der Waals surface area contributed by atoms with Crippen LogP contribution in [0.4, 0.5) is 0 Å². The van der Waals surface area contributed by atoms with Gasteiger partial charge in [-0.2, -0.15) is 0 Å². The normalized spacial score (nSPS) is 10.6. The third-order valence-corrected chi connectivity index (χ3v) is 5.56. The minimum Gasteiger partial charge on any atom is -0.508 e. The molecule has 0 heterocycles. The lowest BCUT2D eigenvalue weighted by molar-refractivity contribution is 0.408. The van der Waals surface area contributed by atoms with Crippen molar-refractivity contribution in [1.82, 2.24) is 0 Å². The Balaban J connectivity index is 0.000000192. The molecule has 0 aliphatic carbocycles. The van der Waals surface area contributed by atoms with E-state index in [4.69, 9.17) is 5.11 Å². The number of hydrogen-bond donors (Lipinski definition) is 5. The molecule has 0 saturated carbocycles. The quantitative estimate of drug-likeness (QED) is 0.165. The molecule has 0 radical (unpaired) electrons. The zero-order valence-corrected chi connectivity index (χ0v) is 18.2. The van der Waals surface area contributed by atoms with Crippen molar-refractivity contribution >= 4 is 10.8 Å². The van der Waals surface area contributed by atoms with E-state index in [1.54, 1.807) is 48.5 Å². The second-order valence-corrected chi connectivity index (χ2v) is 7.86. The van der Waals surface area contributed by atoms with Crippen molar-refractivity contribution in [3.63, 3.8) is 0 Å². The Bertz CT molecular complexity index is 1270. The van der Waals surface area contributed by atoms with Gasteiger partial charge in [0.15, 0.2) is 11.5 Å². The first kappa shape index (κ1) is 22.6. The van der Waals surface area contributed by atoms with Gasteiger partial charge < -0.3 is 25.5 Å². The zero-order chi connectivity index (χ0) is 24.1. The molecule has 0 atom stereocenters. The summed E-state index contributed by atoms with van der Waals surface area (Å²) >= 11 is 0. The van der Waals surface area contributed by atoms with Crippen LogP contribution in [0.15, 0.2) is 109 Å². The van der Waals surface area contributed by atoms with Crippen molar-refractivity contribution in [3.8, 4) is 28.7 Å². The summed E-state index contributed by atoms with van der Waals surface area (Å²) in [6, 6.07) is 31.8. The minimum atomic E-state index is -0.0753. The molecule has 0 amide bonds.